The maximum absolute atomic E-state index is 13.9. The molecule has 2 rings (SSSR count). The van der Waals surface area contributed by atoms with Crippen molar-refractivity contribution in [1.29, 1.82) is 0 Å². The summed E-state index contributed by atoms with van der Waals surface area (Å²) in [5.41, 5.74) is 2.14. The van der Waals surface area contributed by atoms with Gasteiger partial charge in [0.2, 0.25) is 0 Å². The Labute approximate surface area is 99.5 Å². The van der Waals surface area contributed by atoms with Gasteiger partial charge in [0.05, 0.1) is 11.9 Å². The first-order valence-corrected chi connectivity index (χ1v) is 5.56. The maximum Gasteiger partial charge on any atom is 0.132 e. The molecule has 0 spiro atoms. The zero-order valence-corrected chi connectivity index (χ0v) is 9.94. The van der Waals surface area contributed by atoms with Crippen LogP contribution in [0.5, 0.6) is 0 Å². The van der Waals surface area contributed by atoms with E-state index in [0.717, 1.165) is 12.1 Å². The Morgan fingerprint density at radius 3 is 2.82 bits per heavy atom. The third kappa shape index (κ3) is 2.50. The Bertz CT molecular complexity index is 507. The van der Waals surface area contributed by atoms with Crippen LogP contribution in [0.3, 0.4) is 0 Å². The van der Waals surface area contributed by atoms with Crippen molar-refractivity contribution in [3.63, 3.8) is 0 Å². The summed E-state index contributed by atoms with van der Waals surface area (Å²) in [7, 11) is 1.74. The van der Waals surface area contributed by atoms with E-state index in [9.17, 15) is 4.39 Å². The van der Waals surface area contributed by atoms with E-state index in [2.05, 4.69) is 15.6 Å². The van der Waals surface area contributed by atoms with Gasteiger partial charge in [-0.1, -0.05) is 18.2 Å². The molecule has 0 saturated heterocycles. The fourth-order valence-electron chi connectivity index (χ4n) is 1.68. The van der Waals surface area contributed by atoms with Crippen LogP contribution in [-0.2, 0) is 13.6 Å². The number of aromatic nitrogens is 3. The fourth-order valence-corrected chi connectivity index (χ4v) is 1.68. The highest BCUT2D eigenvalue weighted by atomic mass is 19.1. The molecule has 0 fully saturated rings. The molecule has 0 atom stereocenters. The number of aryl methyl sites for hydroxylation is 1. The van der Waals surface area contributed by atoms with E-state index in [-0.39, 0.29) is 5.82 Å². The molecular weight excluding hydrogens is 219 g/mol. The minimum atomic E-state index is -0.245. The molecule has 0 bridgehead atoms. The van der Waals surface area contributed by atoms with Crippen LogP contribution in [0.25, 0.3) is 11.3 Å². The van der Waals surface area contributed by atoms with E-state index in [1.807, 2.05) is 13.0 Å². The van der Waals surface area contributed by atoms with Crippen LogP contribution in [0.1, 0.15) is 12.5 Å². The first-order chi connectivity index (χ1) is 8.22. The second kappa shape index (κ2) is 5.05. The Morgan fingerprint density at radius 1 is 1.41 bits per heavy atom. The monoisotopic (exact) mass is 234 g/mol. The van der Waals surface area contributed by atoms with E-state index < -0.39 is 0 Å². The molecule has 1 heterocycles. The molecule has 0 saturated carbocycles. The van der Waals surface area contributed by atoms with Gasteiger partial charge in [0.15, 0.2) is 0 Å². The van der Waals surface area contributed by atoms with Gasteiger partial charge in [-0.2, -0.15) is 0 Å². The number of hydrogen-bond acceptors (Lipinski definition) is 3. The molecule has 2 aromatic rings. The first-order valence-electron chi connectivity index (χ1n) is 5.56. The lowest BCUT2D eigenvalue weighted by molar-refractivity contribution is 0.621. The largest absolute Gasteiger partial charge is 0.313 e. The van der Waals surface area contributed by atoms with E-state index >= 15 is 0 Å². The van der Waals surface area contributed by atoms with Crippen molar-refractivity contribution in [2.75, 3.05) is 6.54 Å². The average molecular weight is 234 g/mol. The fraction of sp³-hybridized carbons (Fsp3) is 0.333. The van der Waals surface area contributed by atoms with E-state index in [1.54, 1.807) is 30.1 Å². The Morgan fingerprint density at radius 2 is 2.24 bits per heavy atom. The molecule has 0 unspecified atom stereocenters. The molecule has 4 nitrogen and oxygen atoms in total. The summed E-state index contributed by atoms with van der Waals surface area (Å²) in [4.78, 5) is 0. The number of benzene rings is 1. The molecule has 90 valence electrons. The molecule has 17 heavy (non-hydrogen) atoms. The number of nitrogens with zero attached hydrogens (tertiary/aromatic N) is 3. The molecule has 0 amide bonds. The van der Waals surface area contributed by atoms with Crippen molar-refractivity contribution < 1.29 is 4.39 Å². The van der Waals surface area contributed by atoms with Gasteiger partial charge in [-0.05, 0) is 24.2 Å². The highest BCUT2D eigenvalue weighted by Gasteiger charge is 2.09. The highest BCUT2D eigenvalue weighted by Crippen LogP contribution is 2.22. The van der Waals surface area contributed by atoms with Crippen LogP contribution in [0.15, 0.2) is 24.4 Å². The van der Waals surface area contributed by atoms with Crippen molar-refractivity contribution in [2.45, 2.75) is 13.5 Å². The standard InChI is InChI=1S/C12H15FN4/c1-3-14-7-9-4-5-10(11(13)6-9)12-8-15-16-17(12)2/h4-6,8,14H,3,7H2,1-2H3. The number of halogens is 1. The topological polar surface area (TPSA) is 42.7 Å². The maximum atomic E-state index is 13.9. The van der Waals surface area contributed by atoms with E-state index in [1.165, 1.54) is 0 Å². The van der Waals surface area contributed by atoms with Crippen LogP contribution >= 0.6 is 0 Å². The second-order valence-electron chi connectivity index (χ2n) is 3.84. The van der Waals surface area contributed by atoms with Gasteiger partial charge >= 0.3 is 0 Å². The number of nitrogens with one attached hydrogen (secondary N) is 1. The normalized spacial score (nSPS) is 10.8. The summed E-state index contributed by atoms with van der Waals surface area (Å²) >= 11 is 0. The van der Waals surface area contributed by atoms with Gasteiger partial charge in [-0.25, -0.2) is 9.07 Å². The van der Waals surface area contributed by atoms with Crippen molar-refractivity contribution in [3.05, 3.63) is 35.8 Å². The SMILES string of the molecule is CCNCc1ccc(-c2cnnn2C)c(F)c1. The lowest BCUT2D eigenvalue weighted by Crippen LogP contribution is -2.11. The summed E-state index contributed by atoms with van der Waals surface area (Å²) in [6.07, 6.45) is 1.56. The molecule has 1 aromatic heterocycles. The lowest BCUT2D eigenvalue weighted by atomic mass is 10.1. The molecule has 0 radical (unpaired) electrons. The predicted octanol–water partition coefficient (Wildman–Crippen LogP) is 1.73. The van der Waals surface area contributed by atoms with Crippen molar-refractivity contribution in [2.24, 2.45) is 7.05 Å². The molecule has 0 aliphatic heterocycles. The third-order valence-electron chi connectivity index (χ3n) is 2.60. The quantitative estimate of drug-likeness (QED) is 0.876. The van der Waals surface area contributed by atoms with Gasteiger partial charge in [0.1, 0.15) is 5.82 Å². The zero-order chi connectivity index (χ0) is 12.3. The molecular formula is C12H15FN4. The summed E-state index contributed by atoms with van der Waals surface area (Å²) in [5.74, 6) is -0.245. The zero-order valence-electron chi connectivity index (χ0n) is 9.94. The van der Waals surface area contributed by atoms with Crippen LogP contribution < -0.4 is 5.32 Å². The Kier molecular flexibility index (Phi) is 3.49. The minimum absolute atomic E-state index is 0.245. The van der Waals surface area contributed by atoms with Gasteiger partial charge < -0.3 is 5.32 Å². The van der Waals surface area contributed by atoms with E-state index in [0.29, 0.717) is 17.8 Å². The minimum Gasteiger partial charge on any atom is -0.313 e. The first kappa shape index (κ1) is 11.7. The second-order valence-corrected chi connectivity index (χ2v) is 3.84. The molecule has 0 aliphatic carbocycles. The number of hydrogen-bond donors (Lipinski definition) is 1. The van der Waals surface area contributed by atoms with Crippen LogP contribution in [-0.4, -0.2) is 21.5 Å². The smallest absolute Gasteiger partial charge is 0.132 e. The summed E-state index contributed by atoms with van der Waals surface area (Å²) in [6.45, 7) is 3.57. The predicted molar refractivity (Wildman–Crippen MR) is 63.8 cm³/mol. The average Bonchev–Trinajstić information content (AvgIpc) is 2.73. The number of rotatable bonds is 4. The summed E-state index contributed by atoms with van der Waals surface area (Å²) < 4.78 is 15.5. The lowest BCUT2D eigenvalue weighted by Gasteiger charge is -2.06. The van der Waals surface area contributed by atoms with Gasteiger partial charge in [-0.15, -0.1) is 5.10 Å². The third-order valence-corrected chi connectivity index (χ3v) is 2.60. The van der Waals surface area contributed by atoms with Crippen molar-refractivity contribution >= 4 is 0 Å². The Balaban J connectivity index is 2.29. The van der Waals surface area contributed by atoms with Gasteiger partial charge in [0, 0.05) is 19.2 Å². The summed E-state index contributed by atoms with van der Waals surface area (Å²) in [5, 5.41) is 10.7. The van der Waals surface area contributed by atoms with Crippen molar-refractivity contribution in [3.8, 4) is 11.3 Å². The van der Waals surface area contributed by atoms with Crippen LogP contribution in [0, 0.1) is 5.82 Å². The molecule has 0 aliphatic rings. The van der Waals surface area contributed by atoms with Crippen LogP contribution in [0.4, 0.5) is 4.39 Å². The van der Waals surface area contributed by atoms with Crippen LogP contribution in [0.2, 0.25) is 0 Å². The highest BCUT2D eigenvalue weighted by molar-refractivity contribution is 5.59. The van der Waals surface area contributed by atoms with Gasteiger partial charge in [0.25, 0.3) is 0 Å². The molecule has 5 heteroatoms. The molecule has 1 aromatic carbocycles. The van der Waals surface area contributed by atoms with E-state index in [4.69, 9.17) is 0 Å². The molecule has 1 N–H and O–H groups in total. The summed E-state index contributed by atoms with van der Waals surface area (Å²) in [6, 6.07) is 5.22. The van der Waals surface area contributed by atoms with Gasteiger partial charge in [-0.3, -0.25) is 0 Å². The Hall–Kier alpha value is -1.75. The van der Waals surface area contributed by atoms with Crippen molar-refractivity contribution in [1.82, 2.24) is 20.3 Å².